The largest absolute Gasteiger partial charge is 0.483 e. The van der Waals surface area contributed by atoms with Crippen molar-refractivity contribution in [3.8, 4) is 5.75 Å². The smallest absolute Gasteiger partial charge is 0.260 e. The van der Waals surface area contributed by atoms with Gasteiger partial charge in [0.05, 0.1) is 13.2 Å². The highest BCUT2D eigenvalue weighted by Crippen LogP contribution is 2.25. The molecule has 0 aliphatic carbocycles. The Morgan fingerprint density at radius 1 is 1.29 bits per heavy atom. The molecule has 0 spiro atoms. The van der Waals surface area contributed by atoms with Crippen LogP contribution < -0.4 is 10.5 Å². The summed E-state index contributed by atoms with van der Waals surface area (Å²) in [6.07, 6.45) is 0.856. The first-order chi connectivity index (χ1) is 10.1. The lowest BCUT2D eigenvalue weighted by atomic mass is 10.0. The molecule has 1 aromatic carbocycles. The number of nitrogens with two attached hydrogens (primary N) is 1. The van der Waals surface area contributed by atoms with E-state index in [0.717, 1.165) is 23.3 Å². The third-order valence-corrected chi connectivity index (χ3v) is 3.66. The molecule has 1 aromatic rings. The second kappa shape index (κ2) is 7.43. The molecule has 21 heavy (non-hydrogen) atoms. The highest BCUT2D eigenvalue weighted by Gasteiger charge is 2.18. The molecule has 1 aliphatic heterocycles. The zero-order chi connectivity index (χ0) is 15.2. The Bertz CT molecular complexity index is 473. The summed E-state index contributed by atoms with van der Waals surface area (Å²) in [6, 6.07) is 4.16. The first-order valence-corrected chi connectivity index (χ1v) is 7.40. The van der Waals surface area contributed by atoms with Gasteiger partial charge >= 0.3 is 0 Å². The number of morpholine rings is 1. The SMILES string of the molecule is Cc1cc(CCN)cc(C)c1OCC(=O)N1CCOCC1. The van der Waals surface area contributed by atoms with E-state index in [2.05, 4.69) is 12.1 Å². The maximum atomic E-state index is 12.1. The molecule has 1 saturated heterocycles. The van der Waals surface area contributed by atoms with Crippen LogP contribution in [0.3, 0.4) is 0 Å². The summed E-state index contributed by atoms with van der Waals surface area (Å²) >= 11 is 0. The number of nitrogens with zero attached hydrogens (tertiary/aromatic N) is 1. The Labute approximate surface area is 126 Å². The molecule has 1 heterocycles. The summed E-state index contributed by atoms with van der Waals surface area (Å²) in [5, 5.41) is 0. The van der Waals surface area contributed by atoms with Crippen molar-refractivity contribution in [1.29, 1.82) is 0 Å². The average Bonchev–Trinajstić information content (AvgIpc) is 2.47. The van der Waals surface area contributed by atoms with Crippen LogP contribution in [0.2, 0.25) is 0 Å². The van der Waals surface area contributed by atoms with Gasteiger partial charge in [-0.2, -0.15) is 0 Å². The van der Waals surface area contributed by atoms with Crippen molar-refractivity contribution in [1.82, 2.24) is 4.90 Å². The molecule has 1 amide bonds. The Morgan fingerprint density at radius 3 is 2.48 bits per heavy atom. The third kappa shape index (κ3) is 4.19. The van der Waals surface area contributed by atoms with E-state index in [1.165, 1.54) is 5.56 Å². The molecule has 1 aliphatic rings. The normalized spacial score (nSPS) is 15.1. The van der Waals surface area contributed by atoms with Gasteiger partial charge in [-0.1, -0.05) is 12.1 Å². The number of rotatable bonds is 5. The lowest BCUT2D eigenvalue weighted by Crippen LogP contribution is -2.43. The van der Waals surface area contributed by atoms with Crippen LogP contribution in [-0.2, 0) is 16.0 Å². The van der Waals surface area contributed by atoms with Crippen LogP contribution in [0.1, 0.15) is 16.7 Å². The molecule has 0 saturated carbocycles. The maximum Gasteiger partial charge on any atom is 0.260 e. The van der Waals surface area contributed by atoms with Crippen LogP contribution in [0, 0.1) is 13.8 Å². The second-order valence-electron chi connectivity index (χ2n) is 5.38. The molecule has 5 heteroatoms. The zero-order valence-corrected chi connectivity index (χ0v) is 12.9. The quantitative estimate of drug-likeness (QED) is 0.881. The third-order valence-electron chi connectivity index (χ3n) is 3.66. The van der Waals surface area contributed by atoms with Gasteiger partial charge in [-0.25, -0.2) is 0 Å². The van der Waals surface area contributed by atoms with Gasteiger partial charge < -0.3 is 20.1 Å². The molecule has 0 bridgehead atoms. The van der Waals surface area contributed by atoms with Crippen molar-refractivity contribution in [2.45, 2.75) is 20.3 Å². The van der Waals surface area contributed by atoms with Gasteiger partial charge in [0.15, 0.2) is 6.61 Å². The fraction of sp³-hybridized carbons (Fsp3) is 0.562. The minimum atomic E-state index is 0.0168. The van der Waals surface area contributed by atoms with E-state index in [9.17, 15) is 4.79 Å². The Kier molecular flexibility index (Phi) is 5.59. The number of hydrogen-bond donors (Lipinski definition) is 1. The first-order valence-electron chi connectivity index (χ1n) is 7.40. The summed E-state index contributed by atoms with van der Waals surface area (Å²) in [5.74, 6) is 0.820. The van der Waals surface area contributed by atoms with Crippen LogP contribution in [-0.4, -0.2) is 50.3 Å². The van der Waals surface area contributed by atoms with Crippen LogP contribution in [0.25, 0.3) is 0 Å². The van der Waals surface area contributed by atoms with Crippen molar-refractivity contribution < 1.29 is 14.3 Å². The van der Waals surface area contributed by atoms with Gasteiger partial charge in [0.25, 0.3) is 5.91 Å². The lowest BCUT2D eigenvalue weighted by Gasteiger charge is -2.27. The minimum absolute atomic E-state index is 0.0168. The molecule has 116 valence electrons. The second-order valence-corrected chi connectivity index (χ2v) is 5.38. The summed E-state index contributed by atoms with van der Waals surface area (Å²) in [4.78, 5) is 13.9. The molecule has 2 rings (SSSR count). The highest BCUT2D eigenvalue weighted by atomic mass is 16.5. The number of amides is 1. The first kappa shape index (κ1) is 15.8. The van der Waals surface area contributed by atoms with Gasteiger partial charge in [-0.3, -0.25) is 4.79 Å². The zero-order valence-electron chi connectivity index (χ0n) is 12.9. The number of benzene rings is 1. The molecule has 2 N–H and O–H groups in total. The van der Waals surface area contributed by atoms with E-state index in [4.69, 9.17) is 15.2 Å². The summed E-state index contributed by atoms with van der Waals surface area (Å²) in [5.41, 5.74) is 8.89. The fourth-order valence-corrected chi connectivity index (χ4v) is 2.62. The number of carbonyl (C=O) groups is 1. The van der Waals surface area contributed by atoms with E-state index in [1.54, 1.807) is 4.90 Å². The van der Waals surface area contributed by atoms with E-state index in [0.29, 0.717) is 32.8 Å². The van der Waals surface area contributed by atoms with Gasteiger partial charge in [-0.15, -0.1) is 0 Å². The minimum Gasteiger partial charge on any atom is -0.483 e. The van der Waals surface area contributed by atoms with Crippen LogP contribution in [0.5, 0.6) is 5.75 Å². The van der Waals surface area contributed by atoms with Crippen molar-refractivity contribution in [2.24, 2.45) is 5.73 Å². The van der Waals surface area contributed by atoms with Crippen LogP contribution in [0.4, 0.5) is 0 Å². The van der Waals surface area contributed by atoms with Gasteiger partial charge in [-0.05, 0) is 43.5 Å². The molecule has 0 radical (unpaired) electrons. The predicted octanol–water partition coefficient (Wildman–Crippen LogP) is 1.04. The summed E-state index contributed by atoms with van der Waals surface area (Å²) < 4.78 is 11.0. The number of aryl methyl sites for hydroxylation is 2. The predicted molar refractivity (Wildman–Crippen MR) is 81.6 cm³/mol. The van der Waals surface area contributed by atoms with Gasteiger partial charge in [0, 0.05) is 13.1 Å². The molecule has 0 atom stereocenters. The van der Waals surface area contributed by atoms with E-state index < -0.39 is 0 Å². The summed E-state index contributed by atoms with van der Waals surface area (Å²) in [7, 11) is 0. The van der Waals surface area contributed by atoms with E-state index in [-0.39, 0.29) is 12.5 Å². The monoisotopic (exact) mass is 292 g/mol. The standard InChI is InChI=1S/C16H24N2O3/c1-12-9-14(3-4-17)10-13(2)16(12)21-11-15(19)18-5-7-20-8-6-18/h9-10H,3-8,11,17H2,1-2H3. The van der Waals surface area contributed by atoms with Gasteiger partial charge in [0.2, 0.25) is 0 Å². The maximum absolute atomic E-state index is 12.1. The lowest BCUT2D eigenvalue weighted by molar-refractivity contribution is -0.137. The molecule has 1 fully saturated rings. The number of ether oxygens (including phenoxy) is 2. The topological polar surface area (TPSA) is 64.8 Å². The Hall–Kier alpha value is -1.59. The summed E-state index contributed by atoms with van der Waals surface area (Å²) in [6.45, 7) is 7.23. The average molecular weight is 292 g/mol. The van der Waals surface area contributed by atoms with Crippen LogP contribution in [0.15, 0.2) is 12.1 Å². The highest BCUT2D eigenvalue weighted by molar-refractivity contribution is 5.78. The molecule has 0 unspecified atom stereocenters. The van der Waals surface area contributed by atoms with Crippen molar-refractivity contribution in [3.63, 3.8) is 0 Å². The number of hydrogen-bond acceptors (Lipinski definition) is 4. The van der Waals surface area contributed by atoms with Crippen molar-refractivity contribution in [2.75, 3.05) is 39.5 Å². The molecular weight excluding hydrogens is 268 g/mol. The Morgan fingerprint density at radius 2 is 1.90 bits per heavy atom. The fourth-order valence-electron chi connectivity index (χ4n) is 2.62. The molecule has 0 aromatic heterocycles. The van der Waals surface area contributed by atoms with E-state index >= 15 is 0 Å². The van der Waals surface area contributed by atoms with Crippen LogP contribution >= 0.6 is 0 Å². The molecular formula is C16H24N2O3. The number of carbonyl (C=O) groups excluding carboxylic acids is 1. The van der Waals surface area contributed by atoms with Crippen molar-refractivity contribution >= 4 is 5.91 Å². The Balaban J connectivity index is 1.97. The van der Waals surface area contributed by atoms with Crippen molar-refractivity contribution in [3.05, 3.63) is 28.8 Å². The van der Waals surface area contributed by atoms with E-state index in [1.807, 2.05) is 13.8 Å². The van der Waals surface area contributed by atoms with Gasteiger partial charge in [0.1, 0.15) is 5.75 Å². The molecule has 5 nitrogen and oxygen atoms in total.